The van der Waals surface area contributed by atoms with E-state index in [-0.39, 0.29) is 24.7 Å². The van der Waals surface area contributed by atoms with Crippen LogP contribution < -0.4 is 4.74 Å². The zero-order chi connectivity index (χ0) is 20.9. The Morgan fingerprint density at radius 1 is 0.900 bits per heavy atom. The fourth-order valence-electron chi connectivity index (χ4n) is 3.01. The molecule has 0 amide bonds. The Labute approximate surface area is 171 Å². The Morgan fingerprint density at radius 2 is 1.60 bits per heavy atom. The summed E-state index contributed by atoms with van der Waals surface area (Å²) in [6.07, 6.45) is 0. The van der Waals surface area contributed by atoms with Gasteiger partial charge in [0.15, 0.2) is 0 Å². The number of para-hydroxylation sites is 2. The molecule has 30 heavy (non-hydrogen) atoms. The van der Waals surface area contributed by atoms with Gasteiger partial charge in [0.1, 0.15) is 24.5 Å². The first-order valence-electron chi connectivity index (χ1n) is 9.20. The molecule has 4 rings (SSSR count). The quantitative estimate of drug-likeness (QED) is 0.237. The van der Waals surface area contributed by atoms with E-state index >= 15 is 0 Å². The minimum atomic E-state index is -0.629. The van der Waals surface area contributed by atoms with Gasteiger partial charge in [-0.05, 0) is 35.9 Å². The molecular formula is C23H17NO6. The summed E-state index contributed by atoms with van der Waals surface area (Å²) in [5, 5.41) is 11.5. The highest BCUT2D eigenvalue weighted by Crippen LogP contribution is 2.28. The topological polar surface area (TPSA) is 91.8 Å². The van der Waals surface area contributed by atoms with E-state index in [0.29, 0.717) is 22.5 Å². The van der Waals surface area contributed by atoms with Gasteiger partial charge in [0, 0.05) is 17.5 Å². The molecule has 0 aliphatic carbocycles. The number of nitro groups is 1. The zero-order valence-corrected chi connectivity index (χ0v) is 15.8. The number of hydrogen-bond donors (Lipinski definition) is 0. The third kappa shape index (κ3) is 4.15. The van der Waals surface area contributed by atoms with Crippen molar-refractivity contribution in [2.75, 3.05) is 0 Å². The summed E-state index contributed by atoms with van der Waals surface area (Å²) >= 11 is 0. The number of ether oxygens (including phenoxy) is 2. The standard InChI is InChI=1S/C23H17NO6/c25-23(29-14-16-10-12-17(13-11-16)24(26)27)22-20(15-28-18-6-2-1-3-7-18)19-8-4-5-9-21(19)30-22/h1-13H,14-15H2. The Balaban J connectivity index is 1.53. The van der Waals surface area contributed by atoms with Crippen molar-refractivity contribution in [2.24, 2.45) is 0 Å². The molecule has 150 valence electrons. The summed E-state index contributed by atoms with van der Waals surface area (Å²) in [6.45, 7) is 0.107. The van der Waals surface area contributed by atoms with Crippen molar-refractivity contribution in [3.63, 3.8) is 0 Å². The molecule has 0 fully saturated rings. The monoisotopic (exact) mass is 403 g/mol. The summed E-state index contributed by atoms with van der Waals surface area (Å²) in [6, 6.07) is 22.4. The second-order valence-electron chi connectivity index (χ2n) is 6.51. The maximum Gasteiger partial charge on any atom is 0.375 e. The van der Waals surface area contributed by atoms with Crippen LogP contribution in [-0.2, 0) is 18.0 Å². The zero-order valence-electron chi connectivity index (χ0n) is 15.8. The summed E-state index contributed by atoms with van der Waals surface area (Å²) < 4.78 is 16.9. The van der Waals surface area contributed by atoms with Gasteiger partial charge in [-0.2, -0.15) is 0 Å². The lowest BCUT2D eigenvalue weighted by Gasteiger charge is -2.07. The first-order valence-corrected chi connectivity index (χ1v) is 9.20. The number of nitrogens with zero attached hydrogens (tertiary/aromatic N) is 1. The van der Waals surface area contributed by atoms with E-state index in [2.05, 4.69) is 0 Å². The SMILES string of the molecule is O=C(OCc1ccc([N+](=O)[O-])cc1)c1oc2ccccc2c1COc1ccccc1. The van der Waals surface area contributed by atoms with Crippen molar-refractivity contribution in [3.05, 3.63) is 106 Å². The van der Waals surface area contributed by atoms with Gasteiger partial charge in [0.05, 0.1) is 10.5 Å². The minimum absolute atomic E-state index is 0.0253. The molecule has 0 radical (unpaired) electrons. The second-order valence-corrected chi connectivity index (χ2v) is 6.51. The highest BCUT2D eigenvalue weighted by molar-refractivity contribution is 5.96. The van der Waals surface area contributed by atoms with Crippen LogP contribution in [0.1, 0.15) is 21.7 Å². The average Bonchev–Trinajstić information content (AvgIpc) is 3.16. The molecule has 0 spiro atoms. The molecule has 1 heterocycles. The van der Waals surface area contributed by atoms with Crippen LogP contribution in [-0.4, -0.2) is 10.9 Å². The van der Waals surface area contributed by atoms with E-state index in [0.717, 1.165) is 5.39 Å². The van der Waals surface area contributed by atoms with Crippen LogP contribution in [0.25, 0.3) is 11.0 Å². The Kier molecular flexibility index (Phi) is 5.43. The molecule has 4 aromatic rings. The number of non-ortho nitro benzene ring substituents is 1. The molecule has 0 N–H and O–H groups in total. The van der Waals surface area contributed by atoms with Crippen LogP contribution in [0.15, 0.2) is 83.3 Å². The van der Waals surface area contributed by atoms with E-state index in [1.165, 1.54) is 12.1 Å². The van der Waals surface area contributed by atoms with E-state index in [1.54, 1.807) is 18.2 Å². The summed E-state index contributed by atoms with van der Waals surface area (Å²) in [5.41, 5.74) is 1.77. The van der Waals surface area contributed by atoms with Crippen molar-refractivity contribution < 1.29 is 23.6 Å². The van der Waals surface area contributed by atoms with Crippen LogP contribution >= 0.6 is 0 Å². The molecule has 0 saturated carbocycles. The normalized spacial score (nSPS) is 10.7. The van der Waals surface area contributed by atoms with Crippen molar-refractivity contribution in [3.8, 4) is 5.75 Å². The molecule has 7 nitrogen and oxygen atoms in total. The van der Waals surface area contributed by atoms with E-state index in [9.17, 15) is 14.9 Å². The van der Waals surface area contributed by atoms with Crippen molar-refractivity contribution >= 4 is 22.6 Å². The Bertz CT molecular complexity index is 1180. The number of benzene rings is 3. The van der Waals surface area contributed by atoms with Gasteiger partial charge in [-0.25, -0.2) is 4.79 Å². The number of nitro benzene ring substituents is 1. The third-order valence-corrected chi connectivity index (χ3v) is 4.53. The minimum Gasteiger partial charge on any atom is -0.489 e. The smallest absolute Gasteiger partial charge is 0.375 e. The van der Waals surface area contributed by atoms with Gasteiger partial charge in [-0.15, -0.1) is 0 Å². The molecule has 7 heteroatoms. The number of furan rings is 1. The first kappa shape index (κ1) is 19.2. The fraction of sp³-hybridized carbons (Fsp3) is 0.0870. The average molecular weight is 403 g/mol. The summed E-state index contributed by atoms with van der Waals surface area (Å²) in [7, 11) is 0. The summed E-state index contributed by atoms with van der Waals surface area (Å²) in [4.78, 5) is 23.0. The third-order valence-electron chi connectivity index (χ3n) is 4.53. The van der Waals surface area contributed by atoms with Gasteiger partial charge < -0.3 is 13.9 Å². The highest BCUT2D eigenvalue weighted by atomic mass is 16.6. The Hall–Kier alpha value is -4.13. The fourth-order valence-corrected chi connectivity index (χ4v) is 3.01. The van der Waals surface area contributed by atoms with Gasteiger partial charge in [-0.3, -0.25) is 10.1 Å². The lowest BCUT2D eigenvalue weighted by molar-refractivity contribution is -0.384. The first-order chi connectivity index (χ1) is 14.6. The van der Waals surface area contributed by atoms with Crippen LogP contribution in [0.5, 0.6) is 5.75 Å². The molecule has 0 atom stereocenters. The number of rotatable bonds is 7. The predicted molar refractivity (Wildman–Crippen MR) is 109 cm³/mol. The molecule has 0 aliphatic rings. The van der Waals surface area contributed by atoms with Gasteiger partial charge in [0.2, 0.25) is 5.76 Å². The molecule has 0 bridgehead atoms. The maximum absolute atomic E-state index is 12.7. The van der Waals surface area contributed by atoms with Crippen molar-refractivity contribution in [2.45, 2.75) is 13.2 Å². The lowest BCUT2D eigenvalue weighted by Crippen LogP contribution is -2.08. The largest absolute Gasteiger partial charge is 0.489 e. The molecule has 1 aromatic heterocycles. The molecule has 0 saturated heterocycles. The van der Waals surface area contributed by atoms with E-state index < -0.39 is 10.9 Å². The van der Waals surface area contributed by atoms with E-state index in [4.69, 9.17) is 13.9 Å². The van der Waals surface area contributed by atoms with Gasteiger partial charge in [-0.1, -0.05) is 36.4 Å². The molecule has 0 aliphatic heterocycles. The number of hydrogen-bond acceptors (Lipinski definition) is 6. The number of carbonyl (C=O) groups is 1. The number of fused-ring (bicyclic) bond motifs is 1. The molecule has 0 unspecified atom stereocenters. The van der Waals surface area contributed by atoms with Crippen LogP contribution in [0.4, 0.5) is 5.69 Å². The van der Waals surface area contributed by atoms with Crippen molar-refractivity contribution in [1.29, 1.82) is 0 Å². The lowest BCUT2D eigenvalue weighted by atomic mass is 10.1. The van der Waals surface area contributed by atoms with Crippen LogP contribution in [0.2, 0.25) is 0 Å². The molecular weight excluding hydrogens is 386 g/mol. The van der Waals surface area contributed by atoms with Crippen molar-refractivity contribution in [1.82, 2.24) is 0 Å². The second kappa shape index (κ2) is 8.48. The summed E-state index contributed by atoms with van der Waals surface area (Å²) in [5.74, 6) is 0.123. The van der Waals surface area contributed by atoms with Gasteiger partial charge >= 0.3 is 5.97 Å². The Morgan fingerprint density at radius 3 is 2.33 bits per heavy atom. The van der Waals surface area contributed by atoms with E-state index in [1.807, 2.05) is 48.5 Å². The van der Waals surface area contributed by atoms with Gasteiger partial charge in [0.25, 0.3) is 5.69 Å². The van der Waals surface area contributed by atoms with Crippen LogP contribution in [0.3, 0.4) is 0 Å². The maximum atomic E-state index is 12.7. The van der Waals surface area contributed by atoms with Crippen LogP contribution in [0, 0.1) is 10.1 Å². The number of esters is 1. The highest BCUT2D eigenvalue weighted by Gasteiger charge is 2.22. The number of carbonyl (C=O) groups excluding carboxylic acids is 1. The molecule has 3 aromatic carbocycles. The predicted octanol–water partition coefficient (Wildman–Crippen LogP) is 5.28.